The quantitative estimate of drug-likeness (QED) is 0.786. The van der Waals surface area contributed by atoms with Gasteiger partial charge in [0.1, 0.15) is 6.29 Å². The van der Waals surface area contributed by atoms with E-state index < -0.39 is 0 Å². The number of halogens is 1. The molecule has 0 aliphatic carbocycles. The molecule has 0 aliphatic heterocycles. The number of anilines is 2. The number of nitrogens with zero attached hydrogens (tertiary/aromatic N) is 1. The first-order chi connectivity index (χ1) is 8.61. The lowest BCUT2D eigenvalue weighted by molar-refractivity contribution is 0.112. The minimum absolute atomic E-state index is 0.669. The van der Waals surface area contributed by atoms with Gasteiger partial charge in [-0.15, -0.1) is 0 Å². The summed E-state index contributed by atoms with van der Waals surface area (Å²) in [6.45, 7) is 2.07. The van der Waals surface area contributed by atoms with Crippen LogP contribution in [0.3, 0.4) is 0 Å². The van der Waals surface area contributed by atoms with Crippen molar-refractivity contribution < 1.29 is 4.79 Å². The topological polar surface area (TPSA) is 20.3 Å². The molecule has 0 saturated carbocycles. The van der Waals surface area contributed by atoms with Crippen LogP contribution in [0.2, 0.25) is 0 Å². The first-order valence-corrected chi connectivity index (χ1v) is 6.46. The maximum Gasteiger partial charge on any atom is 0.150 e. The fourth-order valence-electron chi connectivity index (χ4n) is 1.78. The van der Waals surface area contributed by atoms with Crippen LogP contribution >= 0.6 is 15.9 Å². The van der Waals surface area contributed by atoms with Crippen molar-refractivity contribution in [1.82, 2.24) is 0 Å². The minimum Gasteiger partial charge on any atom is -0.344 e. The van der Waals surface area contributed by atoms with E-state index in [9.17, 15) is 4.79 Å². The van der Waals surface area contributed by atoms with E-state index in [2.05, 4.69) is 52.0 Å². The standard InChI is InChI=1S/C15H14BrNO/c1-11-3-6-13(7-4-11)17(2)15-8-5-12(10-18)9-14(15)16/h3-10H,1-2H3. The predicted octanol–water partition coefficient (Wildman–Crippen LogP) is 4.34. The number of aryl methyl sites for hydroxylation is 1. The molecule has 0 heterocycles. The molecule has 2 rings (SSSR count). The highest BCUT2D eigenvalue weighted by Crippen LogP contribution is 2.31. The maximum atomic E-state index is 10.7. The van der Waals surface area contributed by atoms with Crippen molar-refractivity contribution in [3.05, 3.63) is 58.1 Å². The summed E-state index contributed by atoms with van der Waals surface area (Å²) in [7, 11) is 2.01. The van der Waals surface area contributed by atoms with Crippen molar-refractivity contribution in [3.63, 3.8) is 0 Å². The first kappa shape index (κ1) is 12.8. The Hall–Kier alpha value is -1.61. The summed E-state index contributed by atoms with van der Waals surface area (Å²) in [6, 6.07) is 13.9. The fraction of sp³-hybridized carbons (Fsp3) is 0.133. The van der Waals surface area contributed by atoms with Crippen LogP contribution in [0.15, 0.2) is 46.9 Å². The molecule has 0 amide bonds. The SMILES string of the molecule is Cc1ccc(N(C)c2ccc(C=O)cc2Br)cc1. The number of carbonyl (C=O) groups is 1. The Morgan fingerprint density at radius 1 is 1.11 bits per heavy atom. The van der Waals surface area contributed by atoms with Crippen molar-refractivity contribution in [3.8, 4) is 0 Å². The van der Waals surface area contributed by atoms with Crippen LogP contribution in [-0.4, -0.2) is 13.3 Å². The second kappa shape index (κ2) is 5.36. The lowest BCUT2D eigenvalue weighted by Gasteiger charge is -2.21. The zero-order valence-corrected chi connectivity index (χ0v) is 11.9. The average molecular weight is 304 g/mol. The number of rotatable bonds is 3. The van der Waals surface area contributed by atoms with Gasteiger partial charge in [-0.2, -0.15) is 0 Å². The van der Waals surface area contributed by atoms with Gasteiger partial charge < -0.3 is 4.90 Å². The molecule has 92 valence electrons. The minimum atomic E-state index is 0.669. The smallest absolute Gasteiger partial charge is 0.150 e. The largest absolute Gasteiger partial charge is 0.344 e. The lowest BCUT2D eigenvalue weighted by atomic mass is 10.2. The number of aldehydes is 1. The highest BCUT2D eigenvalue weighted by atomic mass is 79.9. The molecule has 0 radical (unpaired) electrons. The van der Waals surface area contributed by atoms with E-state index in [-0.39, 0.29) is 0 Å². The predicted molar refractivity (Wildman–Crippen MR) is 78.8 cm³/mol. The third-order valence-electron chi connectivity index (χ3n) is 2.89. The molecule has 2 aromatic rings. The van der Waals surface area contributed by atoms with Gasteiger partial charge in [0.25, 0.3) is 0 Å². The Bertz CT molecular complexity index is 563. The molecule has 0 N–H and O–H groups in total. The second-order valence-electron chi connectivity index (χ2n) is 4.22. The number of hydrogen-bond acceptors (Lipinski definition) is 2. The molecule has 0 bridgehead atoms. The molecular formula is C15H14BrNO. The summed E-state index contributed by atoms with van der Waals surface area (Å²) in [5, 5.41) is 0. The van der Waals surface area contributed by atoms with E-state index in [1.807, 2.05) is 25.2 Å². The summed E-state index contributed by atoms with van der Waals surface area (Å²) in [5.41, 5.74) is 4.05. The van der Waals surface area contributed by atoms with E-state index in [0.29, 0.717) is 5.56 Å². The molecular weight excluding hydrogens is 290 g/mol. The van der Waals surface area contributed by atoms with Crippen LogP contribution in [0.1, 0.15) is 15.9 Å². The molecule has 0 aliphatic rings. The third-order valence-corrected chi connectivity index (χ3v) is 3.53. The van der Waals surface area contributed by atoms with Crippen LogP contribution in [-0.2, 0) is 0 Å². The molecule has 2 nitrogen and oxygen atoms in total. The zero-order chi connectivity index (χ0) is 13.1. The average Bonchev–Trinajstić information content (AvgIpc) is 2.38. The fourth-order valence-corrected chi connectivity index (χ4v) is 2.44. The zero-order valence-electron chi connectivity index (χ0n) is 10.4. The number of carbonyl (C=O) groups excluding carboxylic acids is 1. The van der Waals surface area contributed by atoms with Crippen LogP contribution in [0.4, 0.5) is 11.4 Å². The van der Waals surface area contributed by atoms with Gasteiger partial charge in [0, 0.05) is 22.8 Å². The van der Waals surface area contributed by atoms with Crippen LogP contribution < -0.4 is 4.90 Å². The van der Waals surface area contributed by atoms with Crippen molar-refractivity contribution >= 4 is 33.6 Å². The Morgan fingerprint density at radius 3 is 2.33 bits per heavy atom. The molecule has 0 atom stereocenters. The Morgan fingerprint density at radius 2 is 1.78 bits per heavy atom. The summed E-state index contributed by atoms with van der Waals surface area (Å²) >= 11 is 3.50. The highest BCUT2D eigenvalue weighted by Gasteiger charge is 2.08. The second-order valence-corrected chi connectivity index (χ2v) is 5.08. The van der Waals surface area contributed by atoms with Crippen molar-refractivity contribution in [2.75, 3.05) is 11.9 Å². The Kier molecular flexibility index (Phi) is 3.82. The van der Waals surface area contributed by atoms with Crippen LogP contribution in [0.5, 0.6) is 0 Å². The van der Waals surface area contributed by atoms with E-state index in [4.69, 9.17) is 0 Å². The third kappa shape index (κ3) is 2.62. The summed E-state index contributed by atoms with van der Waals surface area (Å²) in [6.07, 6.45) is 0.848. The van der Waals surface area contributed by atoms with E-state index in [0.717, 1.165) is 22.1 Å². The molecule has 0 saturated heterocycles. The van der Waals surface area contributed by atoms with Crippen LogP contribution in [0.25, 0.3) is 0 Å². The Labute approximate surface area is 115 Å². The summed E-state index contributed by atoms with van der Waals surface area (Å²) in [5.74, 6) is 0. The number of benzene rings is 2. The van der Waals surface area contributed by atoms with Gasteiger partial charge in [0.15, 0.2) is 0 Å². The molecule has 0 spiro atoms. The van der Waals surface area contributed by atoms with E-state index in [1.165, 1.54) is 5.56 Å². The Balaban J connectivity index is 2.36. The molecule has 0 fully saturated rings. The van der Waals surface area contributed by atoms with Crippen molar-refractivity contribution in [2.24, 2.45) is 0 Å². The van der Waals surface area contributed by atoms with Gasteiger partial charge in [-0.25, -0.2) is 0 Å². The van der Waals surface area contributed by atoms with Crippen LogP contribution in [0, 0.1) is 6.92 Å². The molecule has 3 heteroatoms. The van der Waals surface area contributed by atoms with Crippen molar-refractivity contribution in [2.45, 2.75) is 6.92 Å². The van der Waals surface area contributed by atoms with Gasteiger partial charge in [0.2, 0.25) is 0 Å². The molecule has 0 aromatic heterocycles. The monoisotopic (exact) mass is 303 g/mol. The normalized spacial score (nSPS) is 10.2. The highest BCUT2D eigenvalue weighted by molar-refractivity contribution is 9.10. The van der Waals surface area contributed by atoms with Gasteiger partial charge in [0.05, 0.1) is 5.69 Å². The van der Waals surface area contributed by atoms with Gasteiger partial charge in [-0.1, -0.05) is 17.7 Å². The van der Waals surface area contributed by atoms with Gasteiger partial charge in [-0.3, -0.25) is 4.79 Å². The van der Waals surface area contributed by atoms with E-state index >= 15 is 0 Å². The summed E-state index contributed by atoms with van der Waals surface area (Å²) in [4.78, 5) is 12.8. The maximum absolute atomic E-state index is 10.7. The van der Waals surface area contributed by atoms with Gasteiger partial charge >= 0.3 is 0 Å². The van der Waals surface area contributed by atoms with E-state index in [1.54, 1.807) is 0 Å². The summed E-state index contributed by atoms with van der Waals surface area (Å²) < 4.78 is 0.912. The molecule has 18 heavy (non-hydrogen) atoms. The lowest BCUT2D eigenvalue weighted by Crippen LogP contribution is -2.10. The first-order valence-electron chi connectivity index (χ1n) is 5.67. The van der Waals surface area contributed by atoms with Crippen molar-refractivity contribution in [1.29, 1.82) is 0 Å². The van der Waals surface area contributed by atoms with Gasteiger partial charge in [-0.05, 0) is 53.2 Å². The molecule has 2 aromatic carbocycles. The molecule has 0 unspecified atom stereocenters. The number of hydrogen-bond donors (Lipinski definition) is 0.